The van der Waals surface area contributed by atoms with Crippen molar-refractivity contribution in [1.29, 1.82) is 0 Å². The summed E-state index contributed by atoms with van der Waals surface area (Å²) in [5.74, 6) is 0.0394. The van der Waals surface area contributed by atoms with Crippen LogP contribution in [0, 0.1) is 6.92 Å². The van der Waals surface area contributed by atoms with Crippen LogP contribution in [0.1, 0.15) is 25.8 Å². The first-order chi connectivity index (χ1) is 7.63. The molecule has 1 rings (SSSR count). The van der Waals surface area contributed by atoms with Gasteiger partial charge in [0.1, 0.15) is 0 Å². The predicted molar refractivity (Wildman–Crippen MR) is 67.6 cm³/mol. The molecule has 0 saturated heterocycles. The van der Waals surface area contributed by atoms with E-state index in [1.165, 1.54) is 0 Å². The topological polar surface area (TPSA) is 41.1 Å². The summed E-state index contributed by atoms with van der Waals surface area (Å²) in [7, 11) is 0. The number of carbonyl (C=O) groups is 1. The summed E-state index contributed by atoms with van der Waals surface area (Å²) in [6.45, 7) is 6.41. The quantitative estimate of drug-likeness (QED) is 0.799. The van der Waals surface area contributed by atoms with E-state index in [9.17, 15) is 4.79 Å². The summed E-state index contributed by atoms with van der Waals surface area (Å²) in [4.78, 5) is 11.5. The van der Waals surface area contributed by atoms with Crippen LogP contribution in [0.3, 0.4) is 0 Å². The Labute approximate surface area is 97.2 Å². The molecular weight excluding hydrogens is 200 g/mol. The van der Waals surface area contributed by atoms with E-state index in [0.717, 1.165) is 17.7 Å². The third-order valence-corrected chi connectivity index (χ3v) is 2.60. The maximum Gasteiger partial charge on any atom is 0.239 e. The van der Waals surface area contributed by atoms with Crippen LogP contribution in [0.5, 0.6) is 0 Å². The molecule has 1 aromatic rings. The second kappa shape index (κ2) is 6.16. The van der Waals surface area contributed by atoms with Gasteiger partial charge in [-0.25, -0.2) is 0 Å². The van der Waals surface area contributed by atoms with Crippen LogP contribution in [0.25, 0.3) is 0 Å². The molecule has 3 heteroatoms. The molecule has 0 aliphatic heterocycles. The van der Waals surface area contributed by atoms with E-state index < -0.39 is 0 Å². The second-order valence-electron chi connectivity index (χ2n) is 4.05. The number of hydrogen-bond donors (Lipinski definition) is 2. The van der Waals surface area contributed by atoms with Crippen molar-refractivity contribution >= 4 is 11.6 Å². The fraction of sp³-hybridized carbons (Fsp3) is 0.462. The van der Waals surface area contributed by atoms with Crippen LogP contribution in [0.2, 0.25) is 0 Å². The van der Waals surface area contributed by atoms with Gasteiger partial charge in [0, 0.05) is 11.7 Å². The Morgan fingerprint density at radius 2 is 2.06 bits per heavy atom. The monoisotopic (exact) mass is 220 g/mol. The predicted octanol–water partition coefficient (Wildman–Crippen LogP) is 2.32. The summed E-state index contributed by atoms with van der Waals surface area (Å²) >= 11 is 0. The number of amides is 1. The molecule has 0 radical (unpaired) electrons. The first kappa shape index (κ1) is 12.6. The summed E-state index contributed by atoms with van der Waals surface area (Å²) in [5.41, 5.74) is 2.17. The van der Waals surface area contributed by atoms with Crippen LogP contribution in [-0.4, -0.2) is 18.5 Å². The molecule has 1 amide bonds. The number of para-hydroxylation sites is 1. The van der Waals surface area contributed by atoms with E-state index in [0.29, 0.717) is 6.54 Å². The highest BCUT2D eigenvalue weighted by Crippen LogP contribution is 2.12. The van der Waals surface area contributed by atoms with Gasteiger partial charge in [0.15, 0.2) is 0 Å². The van der Waals surface area contributed by atoms with Crippen molar-refractivity contribution in [2.45, 2.75) is 33.2 Å². The molecule has 2 N–H and O–H groups in total. The maximum absolute atomic E-state index is 11.5. The number of benzene rings is 1. The fourth-order valence-corrected chi connectivity index (χ4v) is 1.37. The molecule has 1 aromatic carbocycles. The molecule has 0 heterocycles. The Morgan fingerprint density at radius 3 is 2.69 bits per heavy atom. The lowest BCUT2D eigenvalue weighted by molar-refractivity contribution is -0.120. The second-order valence-corrected chi connectivity index (χ2v) is 4.05. The largest absolute Gasteiger partial charge is 0.376 e. The number of aryl methyl sites for hydroxylation is 1. The summed E-state index contributed by atoms with van der Waals surface area (Å²) in [5, 5.41) is 6.05. The maximum atomic E-state index is 11.5. The van der Waals surface area contributed by atoms with E-state index in [-0.39, 0.29) is 11.9 Å². The van der Waals surface area contributed by atoms with E-state index in [2.05, 4.69) is 17.6 Å². The Balaban J connectivity index is 2.40. The Hall–Kier alpha value is -1.51. The Kier molecular flexibility index (Phi) is 4.83. The van der Waals surface area contributed by atoms with Crippen molar-refractivity contribution in [1.82, 2.24) is 5.32 Å². The van der Waals surface area contributed by atoms with Crippen molar-refractivity contribution in [3.8, 4) is 0 Å². The van der Waals surface area contributed by atoms with Gasteiger partial charge in [0.2, 0.25) is 5.91 Å². The lowest BCUT2D eigenvalue weighted by Gasteiger charge is -2.13. The smallest absolute Gasteiger partial charge is 0.239 e. The highest BCUT2D eigenvalue weighted by Gasteiger charge is 2.05. The minimum absolute atomic E-state index is 0.0394. The van der Waals surface area contributed by atoms with Crippen LogP contribution in [0.15, 0.2) is 24.3 Å². The number of carbonyl (C=O) groups excluding carboxylic acids is 1. The van der Waals surface area contributed by atoms with Gasteiger partial charge in [-0.1, -0.05) is 25.1 Å². The summed E-state index contributed by atoms with van der Waals surface area (Å²) < 4.78 is 0. The van der Waals surface area contributed by atoms with Crippen molar-refractivity contribution in [3.63, 3.8) is 0 Å². The number of rotatable bonds is 5. The van der Waals surface area contributed by atoms with Crippen molar-refractivity contribution in [3.05, 3.63) is 29.8 Å². The Bertz CT molecular complexity index is 350. The van der Waals surface area contributed by atoms with Gasteiger partial charge in [0.25, 0.3) is 0 Å². The van der Waals surface area contributed by atoms with Gasteiger partial charge >= 0.3 is 0 Å². The zero-order chi connectivity index (χ0) is 12.0. The van der Waals surface area contributed by atoms with Gasteiger partial charge < -0.3 is 10.6 Å². The number of nitrogens with one attached hydrogen (secondary N) is 2. The summed E-state index contributed by atoms with van der Waals surface area (Å²) in [6, 6.07) is 8.19. The van der Waals surface area contributed by atoms with Gasteiger partial charge in [-0.05, 0) is 31.9 Å². The van der Waals surface area contributed by atoms with Gasteiger partial charge in [-0.15, -0.1) is 0 Å². The third kappa shape index (κ3) is 3.93. The van der Waals surface area contributed by atoms with E-state index >= 15 is 0 Å². The molecular formula is C13H20N2O. The lowest BCUT2D eigenvalue weighted by Crippen LogP contribution is -2.36. The van der Waals surface area contributed by atoms with E-state index in [4.69, 9.17) is 0 Å². The van der Waals surface area contributed by atoms with E-state index in [1.807, 2.05) is 38.1 Å². The highest BCUT2D eigenvalue weighted by molar-refractivity contribution is 5.81. The van der Waals surface area contributed by atoms with Gasteiger partial charge in [-0.2, -0.15) is 0 Å². The molecule has 0 aromatic heterocycles. The minimum Gasteiger partial charge on any atom is -0.376 e. The fourth-order valence-electron chi connectivity index (χ4n) is 1.37. The van der Waals surface area contributed by atoms with Crippen molar-refractivity contribution < 1.29 is 4.79 Å². The molecule has 0 aliphatic carbocycles. The molecule has 1 atom stereocenters. The van der Waals surface area contributed by atoms with Crippen LogP contribution < -0.4 is 10.6 Å². The average molecular weight is 220 g/mol. The minimum atomic E-state index is 0.0394. The highest BCUT2D eigenvalue weighted by atomic mass is 16.1. The lowest BCUT2D eigenvalue weighted by atomic mass is 10.2. The van der Waals surface area contributed by atoms with Gasteiger partial charge in [-0.3, -0.25) is 4.79 Å². The molecule has 0 bridgehead atoms. The molecule has 1 unspecified atom stereocenters. The SMILES string of the molecule is CCC(C)NC(=O)CNc1ccccc1C. The zero-order valence-electron chi connectivity index (χ0n) is 10.2. The number of anilines is 1. The first-order valence-electron chi connectivity index (χ1n) is 5.72. The molecule has 3 nitrogen and oxygen atoms in total. The molecule has 16 heavy (non-hydrogen) atoms. The van der Waals surface area contributed by atoms with Crippen LogP contribution in [0.4, 0.5) is 5.69 Å². The molecule has 0 aliphatic rings. The summed E-state index contributed by atoms with van der Waals surface area (Å²) in [6.07, 6.45) is 0.954. The van der Waals surface area contributed by atoms with E-state index in [1.54, 1.807) is 0 Å². The molecule has 0 saturated carbocycles. The number of hydrogen-bond acceptors (Lipinski definition) is 2. The van der Waals surface area contributed by atoms with Crippen LogP contribution >= 0.6 is 0 Å². The Morgan fingerprint density at radius 1 is 1.38 bits per heavy atom. The zero-order valence-corrected chi connectivity index (χ0v) is 10.2. The third-order valence-electron chi connectivity index (χ3n) is 2.60. The van der Waals surface area contributed by atoms with Crippen molar-refractivity contribution in [2.24, 2.45) is 0 Å². The average Bonchev–Trinajstić information content (AvgIpc) is 2.28. The first-order valence-corrected chi connectivity index (χ1v) is 5.72. The normalized spacial score (nSPS) is 11.9. The van der Waals surface area contributed by atoms with Crippen LogP contribution in [-0.2, 0) is 4.79 Å². The molecule has 88 valence electrons. The van der Waals surface area contributed by atoms with Crippen molar-refractivity contribution in [2.75, 3.05) is 11.9 Å². The standard InChI is InChI=1S/C13H20N2O/c1-4-11(3)15-13(16)9-14-12-8-6-5-7-10(12)2/h5-8,11,14H,4,9H2,1-3H3,(H,15,16). The molecule has 0 spiro atoms. The van der Waals surface area contributed by atoms with Gasteiger partial charge in [0.05, 0.1) is 6.54 Å². The molecule has 0 fully saturated rings.